The molecule has 27 heavy (non-hydrogen) atoms. The number of furan rings is 1. The maximum Gasteiger partial charge on any atom is 0.261 e. The zero-order valence-corrected chi connectivity index (χ0v) is 14.4. The number of benzene rings is 2. The molecule has 0 saturated carbocycles. The zero-order chi connectivity index (χ0) is 18.4. The lowest BCUT2D eigenvalue weighted by atomic mass is 9.99. The lowest BCUT2D eigenvalue weighted by Gasteiger charge is -2.18. The highest BCUT2D eigenvalue weighted by Crippen LogP contribution is 2.37. The van der Waals surface area contributed by atoms with E-state index in [0.29, 0.717) is 13.0 Å². The van der Waals surface area contributed by atoms with Gasteiger partial charge in [-0.1, -0.05) is 18.2 Å². The van der Waals surface area contributed by atoms with Gasteiger partial charge >= 0.3 is 0 Å². The highest BCUT2D eigenvalue weighted by molar-refractivity contribution is 6.08. The van der Waals surface area contributed by atoms with Gasteiger partial charge in [-0.25, -0.2) is 4.39 Å². The van der Waals surface area contributed by atoms with Crippen LogP contribution >= 0.6 is 0 Å². The van der Waals surface area contributed by atoms with E-state index < -0.39 is 5.82 Å². The molecule has 0 fully saturated rings. The maximum atomic E-state index is 14.1. The van der Waals surface area contributed by atoms with Gasteiger partial charge in [-0.15, -0.1) is 0 Å². The van der Waals surface area contributed by atoms with E-state index in [2.05, 4.69) is 11.1 Å². The molecule has 0 saturated heterocycles. The monoisotopic (exact) mass is 358 g/mol. The summed E-state index contributed by atoms with van der Waals surface area (Å²) in [6, 6.07) is 14.0. The Morgan fingerprint density at radius 2 is 2.00 bits per heavy atom. The van der Waals surface area contributed by atoms with Gasteiger partial charge in [0.2, 0.25) is 0 Å². The van der Waals surface area contributed by atoms with Crippen molar-refractivity contribution in [2.75, 3.05) is 11.4 Å². The van der Waals surface area contributed by atoms with E-state index in [0.717, 1.165) is 33.3 Å². The predicted molar refractivity (Wildman–Crippen MR) is 101 cm³/mol. The molecule has 0 bridgehead atoms. The minimum atomic E-state index is -0.509. The van der Waals surface area contributed by atoms with Gasteiger partial charge in [0.1, 0.15) is 11.4 Å². The number of nitrogens with zero attached hydrogens (tertiary/aromatic N) is 2. The SMILES string of the molecule is O=C(c1ccccc1F)N1CCc2c(-c3ccc4occc4c3)cncc21. The van der Waals surface area contributed by atoms with Crippen molar-refractivity contribution in [3.05, 3.63) is 84.1 Å². The standard InChI is InChI=1S/C22H15FN2O2/c23-19-4-2-1-3-17(19)22(26)25-9-7-16-18(12-24-13-20(16)25)14-5-6-21-15(11-14)8-10-27-21/h1-6,8,10-13H,7,9H2. The molecule has 0 unspecified atom stereocenters. The van der Waals surface area contributed by atoms with Crippen LogP contribution in [0.5, 0.6) is 0 Å². The van der Waals surface area contributed by atoms with E-state index in [1.807, 2.05) is 24.4 Å². The third-order valence-electron chi connectivity index (χ3n) is 5.02. The van der Waals surface area contributed by atoms with E-state index in [1.165, 1.54) is 12.1 Å². The molecule has 4 nitrogen and oxygen atoms in total. The van der Waals surface area contributed by atoms with Crippen LogP contribution in [0, 0.1) is 5.82 Å². The van der Waals surface area contributed by atoms with Crippen LogP contribution in [0.3, 0.4) is 0 Å². The van der Waals surface area contributed by atoms with Gasteiger partial charge < -0.3 is 9.32 Å². The largest absolute Gasteiger partial charge is 0.464 e. The zero-order valence-electron chi connectivity index (χ0n) is 14.4. The second kappa shape index (κ2) is 6.06. The summed E-state index contributed by atoms with van der Waals surface area (Å²) in [5, 5.41) is 1.02. The van der Waals surface area contributed by atoms with Crippen molar-refractivity contribution in [3.63, 3.8) is 0 Å². The summed E-state index contributed by atoms with van der Waals surface area (Å²) in [7, 11) is 0. The number of carbonyl (C=O) groups is 1. The Labute approximate surface area is 154 Å². The van der Waals surface area contributed by atoms with Crippen LogP contribution in [0.2, 0.25) is 0 Å². The summed E-state index contributed by atoms with van der Waals surface area (Å²) in [4.78, 5) is 18.8. The Hall–Kier alpha value is -3.47. The summed E-state index contributed by atoms with van der Waals surface area (Å²) in [5.74, 6) is -0.846. The molecule has 132 valence electrons. The second-order valence-electron chi connectivity index (χ2n) is 6.54. The first kappa shape index (κ1) is 15.8. The van der Waals surface area contributed by atoms with E-state index >= 15 is 0 Å². The number of halogens is 1. The lowest BCUT2D eigenvalue weighted by molar-refractivity contribution is 0.0985. The molecule has 2 aromatic carbocycles. The molecule has 0 N–H and O–H groups in total. The second-order valence-corrected chi connectivity index (χ2v) is 6.54. The molecule has 5 heteroatoms. The maximum absolute atomic E-state index is 14.1. The smallest absolute Gasteiger partial charge is 0.261 e. The first-order valence-corrected chi connectivity index (χ1v) is 8.73. The molecule has 0 aliphatic carbocycles. The molecule has 1 aliphatic heterocycles. The fraction of sp³-hybridized carbons (Fsp3) is 0.0909. The summed E-state index contributed by atoms with van der Waals surface area (Å²) >= 11 is 0. The Morgan fingerprint density at radius 1 is 1.11 bits per heavy atom. The Bertz CT molecular complexity index is 1180. The lowest BCUT2D eigenvalue weighted by Crippen LogP contribution is -2.29. The number of rotatable bonds is 2. The molecule has 0 spiro atoms. The fourth-order valence-electron chi connectivity index (χ4n) is 3.69. The van der Waals surface area contributed by atoms with Gasteiger partial charge in [-0.3, -0.25) is 9.78 Å². The quantitative estimate of drug-likeness (QED) is 0.515. The van der Waals surface area contributed by atoms with E-state index in [9.17, 15) is 9.18 Å². The summed E-state index contributed by atoms with van der Waals surface area (Å²) in [6.07, 6.45) is 5.87. The molecular weight excluding hydrogens is 343 g/mol. The number of pyridine rings is 1. The minimum absolute atomic E-state index is 0.0792. The van der Waals surface area contributed by atoms with Crippen LogP contribution < -0.4 is 4.90 Å². The third-order valence-corrected chi connectivity index (χ3v) is 5.02. The molecule has 3 heterocycles. The number of aromatic nitrogens is 1. The van der Waals surface area contributed by atoms with Crippen LogP contribution in [0.1, 0.15) is 15.9 Å². The van der Waals surface area contributed by atoms with Crippen molar-refractivity contribution in [3.8, 4) is 11.1 Å². The fourth-order valence-corrected chi connectivity index (χ4v) is 3.69. The van der Waals surface area contributed by atoms with Crippen LogP contribution in [0.4, 0.5) is 10.1 Å². The average Bonchev–Trinajstić information content (AvgIpc) is 3.34. The highest BCUT2D eigenvalue weighted by atomic mass is 19.1. The van der Waals surface area contributed by atoms with Crippen molar-refractivity contribution in [1.29, 1.82) is 0 Å². The summed E-state index contributed by atoms with van der Waals surface area (Å²) in [6.45, 7) is 0.509. The van der Waals surface area contributed by atoms with Gasteiger partial charge in [0.05, 0.1) is 23.7 Å². The van der Waals surface area contributed by atoms with Gasteiger partial charge in [0.15, 0.2) is 0 Å². The molecule has 0 atom stereocenters. The van der Waals surface area contributed by atoms with Gasteiger partial charge in [-0.2, -0.15) is 0 Å². The molecule has 1 amide bonds. The van der Waals surface area contributed by atoms with Crippen molar-refractivity contribution < 1.29 is 13.6 Å². The number of anilines is 1. The van der Waals surface area contributed by atoms with E-state index in [-0.39, 0.29) is 11.5 Å². The van der Waals surface area contributed by atoms with Gasteiger partial charge in [-0.05, 0) is 47.9 Å². The summed E-state index contributed by atoms with van der Waals surface area (Å²) < 4.78 is 19.5. The molecule has 2 aromatic heterocycles. The topological polar surface area (TPSA) is 46.3 Å². The minimum Gasteiger partial charge on any atom is -0.464 e. The molecule has 1 aliphatic rings. The Morgan fingerprint density at radius 3 is 2.89 bits per heavy atom. The summed E-state index contributed by atoms with van der Waals surface area (Å²) in [5.41, 5.74) is 4.71. The average molecular weight is 358 g/mol. The van der Waals surface area contributed by atoms with Crippen molar-refractivity contribution in [2.45, 2.75) is 6.42 Å². The molecular formula is C22H15FN2O2. The Kier molecular flexibility index (Phi) is 3.53. The first-order chi connectivity index (χ1) is 13.2. The van der Waals surface area contributed by atoms with E-state index in [4.69, 9.17) is 4.42 Å². The predicted octanol–water partition coefficient (Wildman–Crippen LogP) is 4.84. The number of carbonyl (C=O) groups excluding carboxylic acids is 1. The number of hydrogen-bond acceptors (Lipinski definition) is 3. The van der Waals surface area contributed by atoms with Crippen LogP contribution in [0.25, 0.3) is 22.1 Å². The van der Waals surface area contributed by atoms with Crippen LogP contribution in [-0.4, -0.2) is 17.4 Å². The number of hydrogen-bond donors (Lipinski definition) is 0. The number of amides is 1. The molecule has 4 aromatic rings. The van der Waals surface area contributed by atoms with Crippen LogP contribution in [0.15, 0.2) is 71.6 Å². The van der Waals surface area contributed by atoms with E-state index in [1.54, 1.807) is 29.5 Å². The molecule has 5 rings (SSSR count). The normalized spacial score (nSPS) is 13.1. The third kappa shape index (κ3) is 2.51. The van der Waals surface area contributed by atoms with Crippen molar-refractivity contribution >= 4 is 22.6 Å². The molecule has 0 radical (unpaired) electrons. The van der Waals surface area contributed by atoms with Gasteiger partial charge in [0.25, 0.3) is 5.91 Å². The highest BCUT2D eigenvalue weighted by Gasteiger charge is 2.29. The van der Waals surface area contributed by atoms with Crippen molar-refractivity contribution in [2.24, 2.45) is 0 Å². The van der Waals surface area contributed by atoms with Gasteiger partial charge in [0, 0.05) is 23.7 Å². The van der Waals surface area contributed by atoms with Crippen LogP contribution in [-0.2, 0) is 6.42 Å². The number of fused-ring (bicyclic) bond motifs is 2. The Balaban J connectivity index is 1.57. The van der Waals surface area contributed by atoms with Crippen molar-refractivity contribution in [1.82, 2.24) is 4.98 Å². The first-order valence-electron chi connectivity index (χ1n) is 8.73.